The summed E-state index contributed by atoms with van der Waals surface area (Å²) in [4.78, 5) is 10.8. The molecule has 76 valence electrons. The number of hydrogen-bond acceptors (Lipinski definition) is 1. The van der Waals surface area contributed by atoms with Crippen molar-refractivity contribution in [1.29, 1.82) is 0 Å². The largest absolute Gasteiger partial charge is 0.303 e. The van der Waals surface area contributed by atoms with Crippen LogP contribution in [0.25, 0.3) is 0 Å². The number of aldehydes is 1. The van der Waals surface area contributed by atoms with E-state index >= 15 is 0 Å². The first kappa shape index (κ1) is 10.9. The topological polar surface area (TPSA) is 17.1 Å². The van der Waals surface area contributed by atoms with Gasteiger partial charge in [-0.3, -0.25) is 0 Å². The normalized spacial score (nSPS) is 12.9. The number of halogens is 1. The highest BCUT2D eigenvalue weighted by Crippen LogP contribution is 2.21. The lowest BCUT2D eigenvalue weighted by atomic mass is 9.92. The molecule has 0 fully saturated rings. The first-order chi connectivity index (χ1) is 6.63. The second kappa shape index (κ2) is 4.89. The molecule has 0 N–H and O–H groups in total. The van der Waals surface area contributed by atoms with Crippen LogP contribution in [0.4, 0.5) is 4.39 Å². The zero-order valence-corrected chi connectivity index (χ0v) is 8.53. The van der Waals surface area contributed by atoms with Crippen LogP contribution >= 0.6 is 0 Å². The van der Waals surface area contributed by atoms with Gasteiger partial charge in [-0.25, -0.2) is 4.39 Å². The smallest absolute Gasteiger partial charge is 0.127 e. The Hall–Kier alpha value is -1.18. The van der Waals surface area contributed by atoms with Crippen molar-refractivity contribution >= 4 is 6.29 Å². The lowest BCUT2D eigenvalue weighted by molar-refractivity contribution is -0.109. The van der Waals surface area contributed by atoms with Gasteiger partial charge in [0.25, 0.3) is 0 Å². The van der Waals surface area contributed by atoms with E-state index in [1.165, 1.54) is 12.1 Å². The predicted octanol–water partition coefficient (Wildman–Crippen LogP) is 3.15. The second-order valence-electron chi connectivity index (χ2n) is 3.92. The van der Waals surface area contributed by atoms with Gasteiger partial charge in [0.05, 0.1) is 0 Å². The minimum absolute atomic E-state index is 0.101. The van der Waals surface area contributed by atoms with Crippen molar-refractivity contribution in [3.63, 3.8) is 0 Å². The van der Waals surface area contributed by atoms with Crippen LogP contribution in [0.3, 0.4) is 0 Å². The maximum Gasteiger partial charge on any atom is 0.127 e. The van der Waals surface area contributed by atoms with Crippen molar-refractivity contribution < 1.29 is 9.18 Å². The molecule has 14 heavy (non-hydrogen) atoms. The van der Waals surface area contributed by atoms with Gasteiger partial charge < -0.3 is 4.79 Å². The van der Waals surface area contributed by atoms with Crippen LogP contribution in [-0.4, -0.2) is 6.29 Å². The molecule has 1 nitrogen and oxygen atoms in total. The fraction of sp³-hybridized carbons (Fsp3) is 0.417. The van der Waals surface area contributed by atoms with E-state index < -0.39 is 0 Å². The summed E-state index contributed by atoms with van der Waals surface area (Å²) in [6.07, 6.45) is 1.75. The molecular weight excluding hydrogens is 179 g/mol. The van der Waals surface area contributed by atoms with Crippen LogP contribution in [0.2, 0.25) is 0 Å². The van der Waals surface area contributed by atoms with Crippen molar-refractivity contribution in [3.8, 4) is 0 Å². The van der Waals surface area contributed by atoms with Crippen molar-refractivity contribution in [3.05, 3.63) is 35.6 Å². The predicted molar refractivity (Wildman–Crippen MR) is 54.7 cm³/mol. The molecule has 0 heterocycles. The summed E-state index contributed by atoms with van der Waals surface area (Å²) in [5.41, 5.74) is 0.898. The van der Waals surface area contributed by atoms with E-state index in [-0.39, 0.29) is 11.7 Å². The summed E-state index contributed by atoms with van der Waals surface area (Å²) < 4.78 is 12.6. The van der Waals surface area contributed by atoms with Gasteiger partial charge >= 0.3 is 0 Å². The quantitative estimate of drug-likeness (QED) is 0.673. The molecule has 0 saturated heterocycles. The van der Waals surface area contributed by atoms with Gasteiger partial charge in [0.2, 0.25) is 0 Å². The van der Waals surface area contributed by atoms with E-state index in [1.807, 2.05) is 0 Å². The van der Waals surface area contributed by atoms with Gasteiger partial charge in [0, 0.05) is 5.92 Å². The average Bonchev–Trinajstić information content (AvgIpc) is 2.15. The molecule has 0 radical (unpaired) electrons. The standard InChI is InChI=1S/C12H15FO/c1-9(2)7-11(8-14)10-3-5-12(13)6-4-10/h3-6,8-9,11H,7H2,1-2H3. The van der Waals surface area contributed by atoms with Crippen LogP contribution in [0.1, 0.15) is 31.7 Å². The Bertz CT molecular complexity index is 290. The van der Waals surface area contributed by atoms with Crippen molar-refractivity contribution in [2.45, 2.75) is 26.2 Å². The van der Waals surface area contributed by atoms with Crippen molar-refractivity contribution in [1.82, 2.24) is 0 Å². The Labute approximate surface area is 83.9 Å². The summed E-state index contributed by atoms with van der Waals surface area (Å²) in [5, 5.41) is 0. The lowest BCUT2D eigenvalue weighted by Crippen LogP contribution is -2.04. The van der Waals surface area contributed by atoms with E-state index in [2.05, 4.69) is 13.8 Å². The summed E-state index contributed by atoms with van der Waals surface area (Å²) in [6, 6.07) is 6.14. The third-order valence-corrected chi connectivity index (χ3v) is 2.19. The first-order valence-corrected chi connectivity index (χ1v) is 4.84. The number of rotatable bonds is 4. The van der Waals surface area contributed by atoms with Crippen molar-refractivity contribution in [2.24, 2.45) is 5.92 Å². The highest BCUT2D eigenvalue weighted by molar-refractivity contribution is 5.61. The van der Waals surface area contributed by atoms with Gasteiger partial charge in [-0.05, 0) is 30.0 Å². The first-order valence-electron chi connectivity index (χ1n) is 4.84. The Balaban J connectivity index is 2.78. The van der Waals surface area contributed by atoms with E-state index in [9.17, 15) is 9.18 Å². The van der Waals surface area contributed by atoms with Gasteiger partial charge in [-0.2, -0.15) is 0 Å². The van der Waals surface area contributed by atoms with E-state index in [1.54, 1.807) is 12.1 Å². The molecule has 0 aliphatic heterocycles. The molecule has 0 amide bonds. The van der Waals surface area contributed by atoms with Crippen LogP contribution in [0.5, 0.6) is 0 Å². The van der Waals surface area contributed by atoms with Crippen LogP contribution in [0, 0.1) is 11.7 Å². The van der Waals surface area contributed by atoms with E-state index in [0.29, 0.717) is 5.92 Å². The van der Waals surface area contributed by atoms with Gasteiger partial charge in [-0.1, -0.05) is 26.0 Å². The number of carbonyl (C=O) groups is 1. The molecule has 0 aliphatic carbocycles. The minimum atomic E-state index is -0.261. The maximum absolute atomic E-state index is 12.6. The van der Waals surface area contributed by atoms with Crippen LogP contribution < -0.4 is 0 Å². The van der Waals surface area contributed by atoms with E-state index in [0.717, 1.165) is 18.3 Å². The third kappa shape index (κ3) is 2.95. The van der Waals surface area contributed by atoms with Crippen LogP contribution in [-0.2, 0) is 4.79 Å². The molecule has 0 bridgehead atoms. The second-order valence-corrected chi connectivity index (χ2v) is 3.92. The molecule has 0 aromatic heterocycles. The van der Waals surface area contributed by atoms with Gasteiger partial charge in [-0.15, -0.1) is 0 Å². The molecular formula is C12H15FO. The summed E-state index contributed by atoms with van der Waals surface area (Å²) in [7, 11) is 0. The number of carbonyl (C=O) groups excluding carboxylic acids is 1. The molecule has 1 aromatic carbocycles. The summed E-state index contributed by atoms with van der Waals surface area (Å²) in [5.74, 6) is 0.105. The highest BCUT2D eigenvalue weighted by Gasteiger charge is 2.11. The summed E-state index contributed by atoms with van der Waals surface area (Å²) >= 11 is 0. The van der Waals surface area contributed by atoms with Gasteiger partial charge in [0.15, 0.2) is 0 Å². The molecule has 1 unspecified atom stereocenters. The summed E-state index contributed by atoms with van der Waals surface area (Å²) in [6.45, 7) is 4.14. The van der Waals surface area contributed by atoms with Gasteiger partial charge in [0.1, 0.15) is 12.1 Å². The maximum atomic E-state index is 12.6. The molecule has 0 spiro atoms. The Morgan fingerprint density at radius 3 is 2.29 bits per heavy atom. The van der Waals surface area contributed by atoms with E-state index in [4.69, 9.17) is 0 Å². The molecule has 1 atom stereocenters. The third-order valence-electron chi connectivity index (χ3n) is 2.19. The fourth-order valence-corrected chi connectivity index (χ4v) is 1.49. The highest BCUT2D eigenvalue weighted by atomic mass is 19.1. The number of hydrogen-bond donors (Lipinski definition) is 0. The van der Waals surface area contributed by atoms with Crippen molar-refractivity contribution in [2.75, 3.05) is 0 Å². The zero-order chi connectivity index (χ0) is 10.6. The average molecular weight is 194 g/mol. The Morgan fingerprint density at radius 1 is 1.29 bits per heavy atom. The molecule has 0 saturated carbocycles. The Morgan fingerprint density at radius 2 is 1.86 bits per heavy atom. The number of benzene rings is 1. The SMILES string of the molecule is CC(C)CC(C=O)c1ccc(F)cc1. The molecule has 2 heteroatoms. The zero-order valence-electron chi connectivity index (χ0n) is 8.53. The molecule has 0 aliphatic rings. The van der Waals surface area contributed by atoms with Crippen LogP contribution in [0.15, 0.2) is 24.3 Å². The minimum Gasteiger partial charge on any atom is -0.303 e. The fourth-order valence-electron chi connectivity index (χ4n) is 1.49. The Kier molecular flexibility index (Phi) is 3.81. The molecule has 1 rings (SSSR count). The molecule has 1 aromatic rings. The monoisotopic (exact) mass is 194 g/mol. The lowest BCUT2D eigenvalue weighted by Gasteiger charge is -2.12.